The van der Waals surface area contributed by atoms with Crippen LogP contribution in [0.5, 0.6) is 5.88 Å². The quantitative estimate of drug-likeness (QED) is 0.715. The van der Waals surface area contributed by atoms with Crippen LogP contribution in [0.2, 0.25) is 0 Å². The molecular formula is C19H23N7O2. The Balaban J connectivity index is 1.32. The second-order valence-electron chi connectivity index (χ2n) is 7.00. The molecule has 9 nitrogen and oxygen atoms in total. The summed E-state index contributed by atoms with van der Waals surface area (Å²) in [5, 5.41) is 7.25. The monoisotopic (exact) mass is 381 g/mol. The van der Waals surface area contributed by atoms with Crippen LogP contribution in [0.3, 0.4) is 0 Å². The van der Waals surface area contributed by atoms with Crippen LogP contribution in [-0.2, 0) is 0 Å². The molecule has 4 rings (SSSR count). The van der Waals surface area contributed by atoms with Crippen molar-refractivity contribution in [2.24, 2.45) is 5.92 Å². The van der Waals surface area contributed by atoms with Crippen molar-refractivity contribution in [2.45, 2.75) is 19.8 Å². The lowest BCUT2D eigenvalue weighted by atomic mass is 9.97. The Kier molecular flexibility index (Phi) is 5.05. The Hall–Kier alpha value is -3.23. The number of fused-ring (bicyclic) bond motifs is 1. The molecule has 3 aromatic heterocycles. The first-order valence-electron chi connectivity index (χ1n) is 9.34. The van der Waals surface area contributed by atoms with Gasteiger partial charge < -0.3 is 15.0 Å². The predicted octanol–water partition coefficient (Wildman–Crippen LogP) is 1.48. The molecule has 1 amide bonds. The van der Waals surface area contributed by atoms with Crippen LogP contribution in [0, 0.1) is 12.8 Å². The molecule has 146 valence electrons. The van der Waals surface area contributed by atoms with Gasteiger partial charge in [-0.3, -0.25) is 4.79 Å². The highest BCUT2D eigenvalue weighted by Crippen LogP contribution is 2.21. The van der Waals surface area contributed by atoms with Crippen LogP contribution in [0.4, 0.5) is 5.95 Å². The molecular weight excluding hydrogens is 358 g/mol. The van der Waals surface area contributed by atoms with E-state index in [9.17, 15) is 4.79 Å². The highest BCUT2D eigenvalue weighted by atomic mass is 16.5. The number of anilines is 1. The van der Waals surface area contributed by atoms with E-state index in [1.54, 1.807) is 36.3 Å². The van der Waals surface area contributed by atoms with E-state index in [4.69, 9.17) is 4.74 Å². The van der Waals surface area contributed by atoms with Gasteiger partial charge in [-0.15, -0.1) is 0 Å². The number of carbonyl (C=O) groups excluding carboxylic acids is 1. The molecule has 1 aliphatic rings. The van der Waals surface area contributed by atoms with Crippen LogP contribution in [0.1, 0.15) is 28.8 Å². The summed E-state index contributed by atoms with van der Waals surface area (Å²) in [6.07, 6.45) is 8.80. The molecule has 9 heteroatoms. The molecule has 0 unspecified atom stereocenters. The highest BCUT2D eigenvalue weighted by Gasteiger charge is 2.22. The first-order chi connectivity index (χ1) is 13.6. The maximum absolute atomic E-state index is 12.6. The highest BCUT2D eigenvalue weighted by molar-refractivity contribution is 5.99. The Labute approximate surface area is 162 Å². The molecule has 0 aliphatic carbocycles. The van der Waals surface area contributed by atoms with Gasteiger partial charge in [0.1, 0.15) is 5.56 Å². The number of nitrogens with zero attached hydrogens (tertiary/aromatic N) is 6. The van der Waals surface area contributed by atoms with Crippen molar-refractivity contribution in [3.8, 4) is 5.88 Å². The molecule has 3 aromatic rings. The van der Waals surface area contributed by atoms with Gasteiger partial charge in [0.15, 0.2) is 5.65 Å². The Bertz CT molecular complexity index is 979. The second kappa shape index (κ2) is 7.79. The molecule has 0 radical (unpaired) electrons. The van der Waals surface area contributed by atoms with E-state index >= 15 is 0 Å². The molecule has 1 fully saturated rings. The molecule has 0 bridgehead atoms. The van der Waals surface area contributed by atoms with Gasteiger partial charge in [-0.25, -0.2) is 14.5 Å². The smallest absolute Gasteiger partial charge is 0.256 e. The zero-order valence-electron chi connectivity index (χ0n) is 16.0. The van der Waals surface area contributed by atoms with Gasteiger partial charge in [0.05, 0.1) is 13.3 Å². The van der Waals surface area contributed by atoms with Crippen LogP contribution < -0.4 is 15.0 Å². The van der Waals surface area contributed by atoms with Gasteiger partial charge in [-0.05, 0) is 31.2 Å². The fraction of sp³-hybridized carbons (Fsp3) is 0.421. The summed E-state index contributed by atoms with van der Waals surface area (Å²) in [5.41, 5.74) is 2.07. The van der Waals surface area contributed by atoms with Crippen molar-refractivity contribution in [3.05, 3.63) is 42.0 Å². The predicted molar refractivity (Wildman–Crippen MR) is 104 cm³/mol. The number of aryl methyl sites for hydroxylation is 1. The standard InChI is InChI=1S/C19H23N7O2/c1-13-9-21-17-15(11-23-26(17)12-13)18(27)22-10-14-4-7-25(8-5-14)19-20-6-3-16(24-19)28-2/h3,6,9,11-12,14H,4-5,7-8,10H2,1-2H3,(H,22,27). The number of amides is 1. The van der Waals surface area contributed by atoms with Crippen LogP contribution in [0.25, 0.3) is 5.65 Å². The SMILES string of the molecule is COc1ccnc(N2CCC(CNC(=O)c3cnn4cc(C)cnc34)CC2)n1. The summed E-state index contributed by atoms with van der Waals surface area (Å²) >= 11 is 0. The Morgan fingerprint density at radius 1 is 1.29 bits per heavy atom. The van der Waals surface area contributed by atoms with E-state index in [1.165, 1.54) is 0 Å². The summed E-state index contributed by atoms with van der Waals surface area (Å²) in [6.45, 7) is 4.28. The number of methoxy groups -OCH3 is 1. The van der Waals surface area contributed by atoms with Crippen LogP contribution in [-0.4, -0.2) is 57.2 Å². The molecule has 0 aromatic carbocycles. The molecule has 0 saturated carbocycles. The van der Waals surface area contributed by atoms with E-state index in [2.05, 4.69) is 30.3 Å². The largest absolute Gasteiger partial charge is 0.481 e. The van der Waals surface area contributed by atoms with E-state index in [1.807, 2.05) is 13.1 Å². The van der Waals surface area contributed by atoms with E-state index < -0.39 is 0 Å². The first-order valence-corrected chi connectivity index (χ1v) is 9.34. The minimum atomic E-state index is -0.134. The van der Waals surface area contributed by atoms with E-state index in [-0.39, 0.29) is 5.91 Å². The number of nitrogens with one attached hydrogen (secondary N) is 1. The van der Waals surface area contributed by atoms with Crippen LogP contribution >= 0.6 is 0 Å². The number of aromatic nitrogens is 5. The van der Waals surface area contributed by atoms with Crippen molar-refractivity contribution in [1.29, 1.82) is 0 Å². The van der Waals surface area contributed by atoms with Crippen molar-refractivity contribution < 1.29 is 9.53 Å². The number of ether oxygens (including phenoxy) is 1. The van der Waals surface area contributed by atoms with Gasteiger partial charge in [0.25, 0.3) is 5.91 Å². The third-order valence-corrected chi connectivity index (χ3v) is 5.01. The van der Waals surface area contributed by atoms with Gasteiger partial charge in [-0.1, -0.05) is 0 Å². The minimum absolute atomic E-state index is 0.134. The van der Waals surface area contributed by atoms with Crippen molar-refractivity contribution in [3.63, 3.8) is 0 Å². The molecule has 1 saturated heterocycles. The van der Waals surface area contributed by atoms with Crippen molar-refractivity contribution in [1.82, 2.24) is 29.9 Å². The average Bonchev–Trinajstić information content (AvgIpc) is 3.15. The van der Waals surface area contributed by atoms with E-state index in [0.29, 0.717) is 35.5 Å². The minimum Gasteiger partial charge on any atom is -0.481 e. The summed E-state index contributed by atoms with van der Waals surface area (Å²) in [7, 11) is 1.60. The fourth-order valence-electron chi connectivity index (χ4n) is 3.40. The molecule has 1 N–H and O–H groups in total. The topological polar surface area (TPSA) is 97.5 Å². The lowest BCUT2D eigenvalue weighted by Gasteiger charge is -2.32. The first kappa shape index (κ1) is 18.1. The zero-order valence-corrected chi connectivity index (χ0v) is 16.0. The summed E-state index contributed by atoms with van der Waals surface area (Å²) in [6, 6.07) is 1.74. The van der Waals surface area contributed by atoms with Crippen molar-refractivity contribution >= 4 is 17.5 Å². The number of carbonyl (C=O) groups is 1. The van der Waals surface area contributed by atoms with Gasteiger partial charge in [-0.2, -0.15) is 10.1 Å². The average molecular weight is 381 g/mol. The van der Waals surface area contributed by atoms with Crippen LogP contribution in [0.15, 0.2) is 30.9 Å². The molecule has 4 heterocycles. The number of hydrogen-bond donors (Lipinski definition) is 1. The Morgan fingerprint density at radius 3 is 2.89 bits per heavy atom. The van der Waals surface area contributed by atoms with Crippen molar-refractivity contribution in [2.75, 3.05) is 31.6 Å². The van der Waals surface area contributed by atoms with E-state index in [0.717, 1.165) is 31.5 Å². The third-order valence-electron chi connectivity index (χ3n) is 5.01. The molecule has 28 heavy (non-hydrogen) atoms. The maximum atomic E-state index is 12.6. The number of piperidine rings is 1. The summed E-state index contributed by atoms with van der Waals surface area (Å²) in [5.74, 6) is 1.54. The van der Waals surface area contributed by atoms with Gasteiger partial charge in [0.2, 0.25) is 11.8 Å². The fourth-order valence-corrected chi connectivity index (χ4v) is 3.40. The number of hydrogen-bond acceptors (Lipinski definition) is 7. The maximum Gasteiger partial charge on any atom is 0.256 e. The normalized spacial score (nSPS) is 15.0. The Morgan fingerprint density at radius 2 is 2.11 bits per heavy atom. The molecule has 1 aliphatic heterocycles. The zero-order chi connectivity index (χ0) is 19.5. The summed E-state index contributed by atoms with van der Waals surface area (Å²) < 4.78 is 6.80. The number of rotatable bonds is 5. The molecule has 0 spiro atoms. The van der Waals surface area contributed by atoms with Gasteiger partial charge in [0, 0.05) is 44.3 Å². The lowest BCUT2D eigenvalue weighted by Crippen LogP contribution is -2.39. The second-order valence-corrected chi connectivity index (χ2v) is 7.00. The summed E-state index contributed by atoms with van der Waals surface area (Å²) in [4.78, 5) is 27.7. The lowest BCUT2D eigenvalue weighted by molar-refractivity contribution is 0.0946. The molecule has 0 atom stereocenters. The third kappa shape index (κ3) is 3.73. The van der Waals surface area contributed by atoms with Gasteiger partial charge >= 0.3 is 0 Å².